The highest BCUT2D eigenvalue weighted by Gasteiger charge is 2.26. The van der Waals surface area contributed by atoms with E-state index in [9.17, 15) is 0 Å². The van der Waals surface area contributed by atoms with Gasteiger partial charge in [-0.1, -0.05) is 360 Å². The molecule has 0 fully saturated rings. The molecule has 0 aromatic heterocycles. The molecular formula is C122H174. The third kappa shape index (κ3) is 90.5. The Morgan fingerprint density at radius 2 is 0.623 bits per heavy atom. The van der Waals surface area contributed by atoms with Gasteiger partial charge in [0.25, 0.3) is 0 Å². The van der Waals surface area contributed by atoms with E-state index in [1.807, 2.05) is 146 Å². The minimum atomic E-state index is -0.792. The summed E-state index contributed by atoms with van der Waals surface area (Å²) in [7, 11) is 0. The summed E-state index contributed by atoms with van der Waals surface area (Å²) in [4.78, 5) is 0. The van der Waals surface area contributed by atoms with Crippen LogP contribution in [0.4, 0.5) is 0 Å². The number of rotatable bonds is 15. The highest BCUT2D eigenvalue weighted by Crippen LogP contribution is 2.25. The maximum Gasteiger partial charge on any atom is 0.153 e. The molecule has 0 aliphatic carbocycles. The largest absolute Gasteiger partial charge is 0.153 e. The van der Waals surface area contributed by atoms with Crippen molar-refractivity contribution in [2.75, 3.05) is 0 Å². The molecule has 0 radical (unpaired) electrons. The van der Waals surface area contributed by atoms with Crippen molar-refractivity contribution in [2.24, 2.45) is 141 Å². The molecule has 0 N–H and O–H groups in total. The lowest BCUT2D eigenvalue weighted by Gasteiger charge is -2.21. The quantitative estimate of drug-likeness (QED) is 0.133. The number of hydrogen-bond donors (Lipinski definition) is 0. The highest BCUT2D eigenvalue weighted by atomic mass is 14.2. The normalized spacial score (nSPS) is 10.1. The van der Waals surface area contributed by atoms with Gasteiger partial charge >= 0.3 is 0 Å². The van der Waals surface area contributed by atoms with Crippen LogP contribution in [0.25, 0.3) is 0 Å². The van der Waals surface area contributed by atoms with Crippen LogP contribution in [-0.4, -0.2) is 0 Å². The fraction of sp³-hybridized carbons (Fsp3) is 0.557. The van der Waals surface area contributed by atoms with Crippen molar-refractivity contribution >= 4 is 0 Å². The van der Waals surface area contributed by atoms with Crippen LogP contribution in [0, 0.1) is 359 Å². The second kappa shape index (κ2) is 88.5. The van der Waals surface area contributed by atoms with Gasteiger partial charge in [0.1, 0.15) is 0 Å². The topological polar surface area (TPSA) is 0 Å². The Morgan fingerprint density at radius 1 is 0.287 bits per heavy atom. The molecule has 122 heavy (non-hydrogen) atoms. The first kappa shape index (κ1) is 132. The number of terminal acetylenes is 10. The molecule has 0 heterocycles. The summed E-state index contributed by atoms with van der Waals surface area (Å²) in [5.41, 5.74) is 2.47. The fourth-order valence-electron chi connectivity index (χ4n) is 8.05. The van der Waals surface area contributed by atoms with E-state index in [-0.39, 0.29) is 29.1 Å². The van der Waals surface area contributed by atoms with Gasteiger partial charge in [0, 0.05) is 77.4 Å². The van der Waals surface area contributed by atoms with E-state index < -0.39 is 5.41 Å². The summed E-state index contributed by atoms with van der Waals surface area (Å²) in [6.07, 6.45) is 56.8. The minimum absolute atomic E-state index is 0.00926. The van der Waals surface area contributed by atoms with Crippen molar-refractivity contribution < 1.29 is 0 Å². The van der Waals surface area contributed by atoms with Gasteiger partial charge in [-0.3, -0.25) is 0 Å². The van der Waals surface area contributed by atoms with Gasteiger partial charge in [0.05, 0.1) is 17.8 Å². The summed E-state index contributed by atoms with van der Waals surface area (Å²) < 4.78 is 0. The zero-order valence-electron chi connectivity index (χ0n) is 85.2. The van der Waals surface area contributed by atoms with Crippen molar-refractivity contribution in [1.82, 2.24) is 0 Å². The average Bonchev–Trinajstić information content (AvgIpc) is 0.870. The second-order valence-electron chi connectivity index (χ2n) is 35.4. The Balaban J connectivity index is -0.000000141. The Labute approximate surface area is 764 Å². The van der Waals surface area contributed by atoms with Gasteiger partial charge in [-0.05, 0) is 167 Å². The van der Waals surface area contributed by atoms with E-state index in [2.05, 4.69) is 369 Å². The van der Waals surface area contributed by atoms with Gasteiger partial charge in [-0.15, -0.1) is 141 Å². The van der Waals surface area contributed by atoms with E-state index >= 15 is 0 Å². The molecule has 0 amide bonds. The van der Waals surface area contributed by atoms with Crippen molar-refractivity contribution in [3.63, 3.8) is 0 Å². The van der Waals surface area contributed by atoms with Crippen molar-refractivity contribution in [2.45, 2.75) is 302 Å². The van der Waals surface area contributed by atoms with Crippen LogP contribution in [0.3, 0.4) is 0 Å². The van der Waals surface area contributed by atoms with Crippen LogP contribution in [-0.2, 0) is 0 Å². The SMILES string of the molecule is C#CC(C#C)(C#C)C(C)C.C#CC(C#C)C(C)C.C#CC(C(C)C)C(C)C.C#CC(C)(C)C(C)C.C#CC(C)C(C)C.C#CC(CC)C(C)C.C#CCC(C)C.CC#CC(C#CC)C(C)C.CC#CC(C)C(C)C.CC#CCC(C)C.CC(C)C#CCC(C)C.CC(C)C(C#Cc1ccccc1)C#Cc1ccccc1.CC(C)CC#Cc1ccccc1. The molecule has 0 aliphatic rings. The molecular weight excluding hydrogens is 1470 g/mol. The molecule has 3 aromatic carbocycles. The van der Waals surface area contributed by atoms with E-state index in [0.29, 0.717) is 94.7 Å². The molecule has 662 valence electrons. The molecule has 3 atom stereocenters. The predicted octanol–water partition coefficient (Wildman–Crippen LogP) is 30.6. The molecule has 0 spiro atoms. The number of benzene rings is 3. The Morgan fingerprint density at radius 3 is 0.770 bits per heavy atom. The maximum atomic E-state index is 5.32. The van der Waals surface area contributed by atoms with Crippen LogP contribution in [0.15, 0.2) is 91.0 Å². The summed E-state index contributed by atoms with van der Waals surface area (Å²) in [6, 6.07) is 30.2. The summed E-state index contributed by atoms with van der Waals surface area (Å²) in [5, 5.41) is 0. The molecule has 0 saturated heterocycles. The van der Waals surface area contributed by atoms with Gasteiger partial charge in [0.2, 0.25) is 0 Å². The van der Waals surface area contributed by atoms with E-state index in [0.717, 1.165) is 60.6 Å². The monoisotopic (exact) mass is 1640 g/mol. The summed E-state index contributed by atoms with van der Waals surface area (Å²) in [5.74, 6) is 86.0. The second-order valence-corrected chi connectivity index (χ2v) is 35.4. The smallest absolute Gasteiger partial charge is 0.120 e. The highest BCUT2D eigenvalue weighted by molar-refractivity contribution is 5.40. The third-order valence-corrected chi connectivity index (χ3v) is 18.0. The lowest BCUT2D eigenvalue weighted by Crippen LogP contribution is -2.20. The van der Waals surface area contributed by atoms with Gasteiger partial charge in [-0.2, -0.15) is 0 Å². The molecule has 3 aromatic rings. The van der Waals surface area contributed by atoms with Crippen LogP contribution < -0.4 is 0 Å². The lowest BCUT2D eigenvalue weighted by atomic mass is 9.80. The van der Waals surface area contributed by atoms with Crippen molar-refractivity contribution in [3.8, 4) is 218 Å². The standard InChI is InChI=1S/C20H18.C12H14.C10H10.C10H14.2C9H16.3C8H14.C8H10.2C7H12.C6H10/c1-17(2)20(15-13-18-9-5-3-6-10-18)16-14-19-11-7-4-8-12-19;1-11(2)7-6-10-12-8-4-3-5-9-12;1-6-10(7-2,8-3)9(4)5;1-5-7-10(8-6-2)9(3)4;1-8(2)6-5-7-9(3)4;1-6-9(7(2)3)8(4)5;1-6-8(4,5)7(2)3;1-5-6-8(4)7(2)3;2*1-5-8(6-2)7(3)4;1-5-7(4)6(2)3;1-4-5-6-7(2)3;1-4-5-6(2)3/h3-12,17,20H,1-2H3;3-5,8-9,11H,7H2,1-2H3;1-3,9H,4-5H3;9-10H,1-4H3;8-9H,6H2,1-4H3;1,7-9H,2-5H3;1,7H,2-5H3;7-8H,1-4H3;1,7-8H,6H2,2-4H3;1-2,7-8H,3-4H3;1,6-7H,2-4H3;7H,6H2,1-3H3;1,6H,5H2,2-3H3. The Hall–Kier alpha value is -10.3. The van der Waals surface area contributed by atoms with Gasteiger partial charge in [-0.25, -0.2) is 0 Å². The van der Waals surface area contributed by atoms with Crippen molar-refractivity contribution in [3.05, 3.63) is 108 Å². The van der Waals surface area contributed by atoms with Crippen LogP contribution in [0.5, 0.6) is 0 Å². The zero-order valence-corrected chi connectivity index (χ0v) is 85.2. The molecule has 0 bridgehead atoms. The van der Waals surface area contributed by atoms with Crippen LogP contribution in [0.1, 0.15) is 319 Å². The third-order valence-electron chi connectivity index (χ3n) is 18.0. The van der Waals surface area contributed by atoms with Crippen molar-refractivity contribution in [1.29, 1.82) is 0 Å². The average molecular weight is 1640 g/mol. The Kier molecular flexibility index (Phi) is 96.1. The predicted molar refractivity (Wildman–Crippen MR) is 553 cm³/mol. The summed E-state index contributed by atoms with van der Waals surface area (Å²) in [6.45, 7) is 81.9. The zero-order chi connectivity index (χ0) is 97.0. The molecule has 0 nitrogen and oxygen atoms in total. The lowest BCUT2D eigenvalue weighted by molar-refractivity contribution is 0.350. The Bertz CT molecular complexity index is 3920. The van der Waals surface area contributed by atoms with E-state index in [1.165, 1.54) is 0 Å². The first-order chi connectivity index (χ1) is 56.9. The molecule has 3 unspecified atom stereocenters. The van der Waals surface area contributed by atoms with Crippen LogP contribution >= 0.6 is 0 Å². The molecule has 0 aliphatic heterocycles. The molecule has 3 rings (SSSR count). The van der Waals surface area contributed by atoms with E-state index in [1.54, 1.807) is 0 Å². The fourth-order valence-corrected chi connectivity index (χ4v) is 8.05. The maximum absolute atomic E-state index is 5.32. The first-order valence-electron chi connectivity index (χ1n) is 44.4. The number of hydrogen-bond acceptors (Lipinski definition) is 0. The molecule has 0 saturated carbocycles. The molecule has 0 heteroatoms. The summed E-state index contributed by atoms with van der Waals surface area (Å²) >= 11 is 0. The van der Waals surface area contributed by atoms with Gasteiger partial charge < -0.3 is 0 Å². The first-order valence-corrected chi connectivity index (χ1v) is 44.4. The van der Waals surface area contributed by atoms with E-state index in [4.69, 9.17) is 64.2 Å². The van der Waals surface area contributed by atoms with Gasteiger partial charge in [0.15, 0.2) is 5.41 Å². The minimum Gasteiger partial charge on any atom is -0.120 e. The van der Waals surface area contributed by atoms with Crippen LogP contribution in [0.2, 0.25) is 0 Å².